The molecule has 5 fully saturated rings. The number of nitrogens with zero attached hydrogens (tertiary/aromatic N) is 9. The quantitative estimate of drug-likeness (QED) is 0.0497. The van der Waals surface area contributed by atoms with Crippen LogP contribution in [-0.2, 0) is 18.9 Å². The van der Waals surface area contributed by atoms with E-state index in [-0.39, 0.29) is 95.8 Å². The maximum absolute atomic E-state index is 14.1. The van der Waals surface area contributed by atoms with E-state index >= 15 is 0 Å². The molecule has 3 amide bonds. The van der Waals surface area contributed by atoms with E-state index in [1.165, 1.54) is 11.0 Å². The number of aliphatic hydroxyl groups excluding tert-OH is 1. The Morgan fingerprint density at radius 2 is 1.62 bits per heavy atom. The molecule has 4 saturated heterocycles. The number of pyridine rings is 1. The Labute approximate surface area is 462 Å². The number of ether oxygens (including phenoxy) is 3. The number of amides is 3. The number of piperidine rings is 1. The van der Waals surface area contributed by atoms with Crippen molar-refractivity contribution in [1.29, 1.82) is 5.26 Å². The van der Waals surface area contributed by atoms with Gasteiger partial charge in [-0.25, -0.2) is 14.3 Å². The fourth-order valence-corrected chi connectivity index (χ4v) is 12.1. The van der Waals surface area contributed by atoms with Gasteiger partial charge in [-0.15, -0.1) is 10.2 Å². The SMILES string of the molecule is CC(C)[C@@H](C(=O)N1C[C@H](O)C[C@H]1C(=O)N[C@@H](C)c1ccc(C#N)cc1)c1cc(OCCN2CCC(OC3CC(Oc4cc(N5C6CCC5CN(c5cc(-c7ccccc7OP(=O)(O)O)nnc5NC(=O)O)C6)ccn4)C3)CC2)no1. The highest BCUT2D eigenvalue weighted by Crippen LogP contribution is 2.44. The smallest absolute Gasteiger partial charge is 0.474 e. The number of nitrogens with one attached hydrogen (secondary N) is 2. The number of hydrogen-bond acceptors (Lipinski definition) is 18. The number of piperazine rings is 1. The van der Waals surface area contributed by atoms with Gasteiger partial charge in [0.1, 0.15) is 30.4 Å². The molecular formula is C55H66N11O13P. The summed E-state index contributed by atoms with van der Waals surface area (Å²) in [6.07, 6.45) is 4.97. The van der Waals surface area contributed by atoms with Crippen LogP contribution >= 0.6 is 7.82 Å². The van der Waals surface area contributed by atoms with Crippen molar-refractivity contribution in [1.82, 2.24) is 35.5 Å². The summed E-state index contributed by atoms with van der Waals surface area (Å²) >= 11 is 0. The summed E-state index contributed by atoms with van der Waals surface area (Å²) in [5.74, 6) is -0.597. The lowest BCUT2D eigenvalue weighted by Crippen LogP contribution is -2.54. The highest BCUT2D eigenvalue weighted by molar-refractivity contribution is 7.46. The average molecular weight is 1120 g/mol. The lowest BCUT2D eigenvalue weighted by molar-refractivity contribution is -0.141. The number of anilines is 3. The zero-order valence-corrected chi connectivity index (χ0v) is 45.5. The predicted octanol–water partition coefficient (Wildman–Crippen LogP) is 5.87. The minimum absolute atomic E-state index is 0.0147. The van der Waals surface area contributed by atoms with E-state index in [1.54, 1.807) is 60.8 Å². The summed E-state index contributed by atoms with van der Waals surface area (Å²) in [6, 6.07) is 21.4. The maximum Gasteiger partial charge on any atom is 0.524 e. The van der Waals surface area contributed by atoms with Crippen molar-refractivity contribution in [2.24, 2.45) is 5.92 Å². The van der Waals surface area contributed by atoms with Crippen molar-refractivity contribution in [2.45, 2.75) is 120 Å². The van der Waals surface area contributed by atoms with Crippen LogP contribution in [0.1, 0.15) is 94.6 Å². The highest BCUT2D eigenvalue weighted by Gasteiger charge is 2.45. The molecule has 24 nitrogen and oxygen atoms in total. The lowest BCUT2D eigenvalue weighted by Gasteiger charge is -2.44. The molecule has 6 atom stereocenters. The molecule has 10 rings (SSSR count). The number of β-amino-alcohol motifs (C(OH)–C–C–N with tert-alkyl or cyclic N) is 1. The number of likely N-dealkylation sites (tertiary alicyclic amines) is 2. The zero-order valence-electron chi connectivity index (χ0n) is 44.6. The van der Waals surface area contributed by atoms with Crippen molar-refractivity contribution >= 4 is 42.9 Å². The Morgan fingerprint density at radius 3 is 2.33 bits per heavy atom. The van der Waals surface area contributed by atoms with Gasteiger partial charge in [0.05, 0.1) is 47.4 Å². The normalized spacial score (nSPS) is 23.0. The fraction of sp³-hybridized carbons (Fsp3) is 0.491. The number of rotatable bonds is 20. The molecule has 0 radical (unpaired) electrons. The molecular weight excluding hydrogens is 1050 g/mol. The van der Waals surface area contributed by atoms with Crippen LogP contribution in [-0.4, -0.2) is 156 Å². The number of para-hydroxylation sites is 1. The number of phosphoric ester groups is 1. The summed E-state index contributed by atoms with van der Waals surface area (Å²) < 4.78 is 41.3. The van der Waals surface area contributed by atoms with E-state index < -0.39 is 32.0 Å². The first-order valence-corrected chi connectivity index (χ1v) is 28.6. The number of aliphatic hydroxyl groups is 1. The van der Waals surface area contributed by atoms with Crippen LogP contribution in [0.15, 0.2) is 83.5 Å². The Kier molecular flexibility index (Phi) is 16.9. The van der Waals surface area contributed by atoms with Gasteiger partial charge < -0.3 is 53.5 Å². The number of fused-ring (bicyclic) bond motifs is 2. The van der Waals surface area contributed by atoms with Crippen LogP contribution in [0.25, 0.3) is 11.3 Å². The van der Waals surface area contributed by atoms with E-state index in [1.807, 2.05) is 32.9 Å². The Balaban J connectivity index is 0.659. The summed E-state index contributed by atoms with van der Waals surface area (Å²) in [6.45, 7) is 9.43. The molecule has 6 N–H and O–H groups in total. The summed E-state index contributed by atoms with van der Waals surface area (Å²) in [7, 11) is -4.89. The van der Waals surface area contributed by atoms with Gasteiger partial charge in [-0.2, -0.15) is 5.26 Å². The van der Waals surface area contributed by atoms with Crippen LogP contribution in [0.4, 0.5) is 22.0 Å². The Bertz CT molecular complexity index is 3090. The van der Waals surface area contributed by atoms with Crippen LogP contribution in [0.3, 0.4) is 0 Å². The molecule has 2 unspecified atom stereocenters. The number of nitriles is 1. The molecule has 5 aromatic rings. The number of hydrogen-bond donors (Lipinski definition) is 6. The average Bonchev–Trinajstić information content (AvgIpc) is 4.13. The molecule has 80 heavy (non-hydrogen) atoms. The first kappa shape index (κ1) is 55.9. The number of carboxylic acid groups (broad SMARTS) is 1. The van der Waals surface area contributed by atoms with Gasteiger partial charge in [0, 0.05) is 100 Å². The highest BCUT2D eigenvalue weighted by atomic mass is 31.2. The number of carbonyl (C=O) groups is 3. The third kappa shape index (κ3) is 13.1. The Morgan fingerprint density at radius 1 is 0.887 bits per heavy atom. The molecule has 1 aliphatic carbocycles. The Hall–Kier alpha value is -7.39. The van der Waals surface area contributed by atoms with Gasteiger partial charge in [0.2, 0.25) is 17.7 Å². The largest absolute Gasteiger partial charge is 0.524 e. The minimum Gasteiger partial charge on any atom is -0.474 e. The van der Waals surface area contributed by atoms with Gasteiger partial charge >= 0.3 is 13.9 Å². The second kappa shape index (κ2) is 24.1. The molecule has 5 aliphatic rings. The summed E-state index contributed by atoms with van der Waals surface area (Å²) in [5, 5.41) is 47.3. The first-order chi connectivity index (χ1) is 38.4. The zero-order chi connectivity index (χ0) is 56.2. The number of carbonyl (C=O) groups excluding carboxylic acids is 2. The van der Waals surface area contributed by atoms with Gasteiger partial charge in [-0.3, -0.25) is 29.6 Å². The van der Waals surface area contributed by atoms with E-state index in [0.29, 0.717) is 49.1 Å². The molecule has 4 aliphatic heterocycles. The molecule has 2 aromatic carbocycles. The molecule has 424 valence electrons. The lowest BCUT2D eigenvalue weighted by atomic mass is 9.91. The molecule has 3 aromatic heterocycles. The van der Waals surface area contributed by atoms with E-state index in [2.05, 4.69) is 51.7 Å². The van der Waals surface area contributed by atoms with Crippen LogP contribution in [0, 0.1) is 17.2 Å². The van der Waals surface area contributed by atoms with Gasteiger partial charge in [-0.1, -0.05) is 38.1 Å². The van der Waals surface area contributed by atoms with Crippen molar-refractivity contribution in [3.63, 3.8) is 0 Å². The minimum atomic E-state index is -4.89. The third-order valence-electron chi connectivity index (χ3n) is 15.6. The molecule has 1 saturated carbocycles. The van der Waals surface area contributed by atoms with Gasteiger partial charge in [0.25, 0.3) is 5.88 Å². The number of aromatic nitrogens is 4. The van der Waals surface area contributed by atoms with E-state index in [4.69, 9.17) is 28.5 Å². The summed E-state index contributed by atoms with van der Waals surface area (Å²) in [4.78, 5) is 71.3. The number of phosphoric acid groups is 1. The van der Waals surface area contributed by atoms with Crippen LogP contribution in [0.2, 0.25) is 0 Å². The second-order valence-corrected chi connectivity index (χ2v) is 22.7. The maximum atomic E-state index is 14.1. The van der Waals surface area contributed by atoms with Crippen LogP contribution < -0.4 is 34.4 Å². The summed E-state index contributed by atoms with van der Waals surface area (Å²) in [5.41, 5.74) is 3.33. The van der Waals surface area contributed by atoms with Crippen molar-refractivity contribution < 1.29 is 62.2 Å². The topological polar surface area (TPSA) is 312 Å². The molecule has 25 heteroatoms. The molecule has 2 bridgehead atoms. The monoisotopic (exact) mass is 1120 g/mol. The fourth-order valence-electron chi connectivity index (χ4n) is 11.6. The second-order valence-electron chi connectivity index (χ2n) is 21.5. The van der Waals surface area contributed by atoms with Gasteiger partial charge in [-0.05, 0) is 85.6 Å². The van der Waals surface area contributed by atoms with E-state index in [0.717, 1.165) is 62.9 Å². The van der Waals surface area contributed by atoms with Crippen LogP contribution in [0.5, 0.6) is 17.5 Å². The van der Waals surface area contributed by atoms with E-state index in [9.17, 15) is 38.9 Å². The number of benzene rings is 2. The molecule has 7 heterocycles. The van der Waals surface area contributed by atoms with Crippen molar-refractivity contribution in [3.8, 4) is 34.8 Å². The first-order valence-electron chi connectivity index (χ1n) is 27.1. The third-order valence-corrected chi connectivity index (χ3v) is 16.1. The van der Waals surface area contributed by atoms with Crippen molar-refractivity contribution in [2.75, 3.05) is 61.0 Å². The standard InChI is InChI=1S/C55H66N11O13P/c1-32(2)51(54(69)65-31-39(67)23-46(65)53(68)58-33(3)35-10-8-34(28-56)9-11-35)48-27-50(62-78-48)75-21-20-63-18-15-40(16-19-63)76-41-24-42(25-41)77-49-22-36(14-17-57-49)66-37-12-13-38(66)30-64(29-37)45-26-44(60-61-52(45)59-55(70)71)43-6-4-5-7-47(43)79-80(72,73)74/h4-11,14,17,22,26-27,32-33,37-42,46,51,67H,12-13,15-16,18-21,23-25,29-31H2,1-3H3,(H,58,68)(H,59,61)(H,70,71)(H2,72,73,74)/t33-,37?,38?,39+,41?,42?,46-,51+/m0/s1. The molecule has 0 spiro atoms. The predicted molar refractivity (Wildman–Crippen MR) is 289 cm³/mol. The van der Waals surface area contributed by atoms with Gasteiger partial charge in [0.15, 0.2) is 11.6 Å². The van der Waals surface area contributed by atoms with Crippen molar-refractivity contribution in [3.05, 3.63) is 95.9 Å².